The number of hydrogen-bond donors (Lipinski definition) is 2. The molecular weight excluding hydrogens is 366 g/mol. The van der Waals surface area contributed by atoms with Crippen LogP contribution < -0.4 is 10.6 Å². The van der Waals surface area contributed by atoms with E-state index in [4.69, 9.17) is 0 Å². The van der Waals surface area contributed by atoms with Gasteiger partial charge in [-0.1, -0.05) is 37.1 Å². The van der Waals surface area contributed by atoms with Crippen LogP contribution in [0, 0.1) is 6.92 Å². The largest absolute Gasteiger partial charge is 0.356 e. The summed E-state index contributed by atoms with van der Waals surface area (Å²) in [7, 11) is 1.82. The summed E-state index contributed by atoms with van der Waals surface area (Å²) in [5, 5.41) is 10.1. The lowest BCUT2D eigenvalue weighted by Gasteiger charge is -2.22. The van der Waals surface area contributed by atoms with Gasteiger partial charge in [0.2, 0.25) is 0 Å². The van der Waals surface area contributed by atoms with E-state index in [9.17, 15) is 0 Å². The van der Waals surface area contributed by atoms with Crippen molar-refractivity contribution in [1.82, 2.24) is 20.5 Å². The number of rotatable bonds is 7. The SMILES string of the molecule is CN=C(NCCc1csc(C)n1)NCc1ccccc1CN1CCCCCC1. The van der Waals surface area contributed by atoms with E-state index in [1.54, 1.807) is 11.3 Å². The predicted molar refractivity (Wildman–Crippen MR) is 119 cm³/mol. The van der Waals surface area contributed by atoms with Crippen LogP contribution in [-0.2, 0) is 19.5 Å². The molecular formula is C22H33N5S. The second-order valence-corrected chi connectivity index (χ2v) is 8.48. The van der Waals surface area contributed by atoms with Crippen molar-refractivity contribution in [2.75, 3.05) is 26.7 Å². The Bertz CT molecular complexity index is 747. The fourth-order valence-corrected chi connectivity index (χ4v) is 4.30. The van der Waals surface area contributed by atoms with Crippen molar-refractivity contribution in [2.24, 2.45) is 4.99 Å². The van der Waals surface area contributed by atoms with Crippen LogP contribution in [0.5, 0.6) is 0 Å². The average Bonchev–Trinajstić information content (AvgIpc) is 2.96. The third-order valence-corrected chi connectivity index (χ3v) is 6.04. The van der Waals surface area contributed by atoms with Crippen molar-refractivity contribution in [3.63, 3.8) is 0 Å². The Balaban J connectivity index is 1.49. The molecule has 0 unspecified atom stereocenters. The van der Waals surface area contributed by atoms with Crippen LogP contribution in [0.1, 0.15) is 47.5 Å². The standard InChI is InChI=1S/C22H33N5S/c1-18-26-21(17-28-18)11-12-24-22(23-2)25-15-19-9-5-6-10-20(19)16-27-13-7-3-4-8-14-27/h5-6,9-10,17H,3-4,7-8,11-16H2,1-2H3,(H2,23,24,25). The van der Waals surface area contributed by atoms with Gasteiger partial charge < -0.3 is 10.6 Å². The van der Waals surface area contributed by atoms with Crippen LogP contribution >= 0.6 is 11.3 Å². The van der Waals surface area contributed by atoms with Crippen LogP contribution in [0.2, 0.25) is 0 Å². The molecule has 0 radical (unpaired) electrons. The van der Waals surface area contributed by atoms with E-state index in [-0.39, 0.29) is 0 Å². The van der Waals surface area contributed by atoms with Gasteiger partial charge in [-0.25, -0.2) is 4.98 Å². The molecule has 1 saturated heterocycles. The number of aliphatic imine (C=N–C) groups is 1. The Morgan fingerprint density at radius 2 is 1.86 bits per heavy atom. The molecule has 1 aliphatic heterocycles. The zero-order valence-electron chi connectivity index (χ0n) is 17.2. The molecule has 0 amide bonds. The van der Waals surface area contributed by atoms with E-state index in [2.05, 4.69) is 55.2 Å². The van der Waals surface area contributed by atoms with Gasteiger partial charge in [-0.3, -0.25) is 9.89 Å². The third-order valence-electron chi connectivity index (χ3n) is 5.22. The number of hydrogen-bond acceptors (Lipinski definition) is 4. The van der Waals surface area contributed by atoms with Crippen LogP contribution in [-0.4, -0.2) is 42.5 Å². The second kappa shape index (κ2) is 11.2. The Morgan fingerprint density at radius 3 is 2.54 bits per heavy atom. The Hall–Kier alpha value is -1.92. The summed E-state index contributed by atoms with van der Waals surface area (Å²) in [6.07, 6.45) is 6.33. The summed E-state index contributed by atoms with van der Waals surface area (Å²) in [5.41, 5.74) is 3.92. The first-order valence-electron chi connectivity index (χ1n) is 10.4. The van der Waals surface area contributed by atoms with Crippen molar-refractivity contribution in [1.29, 1.82) is 0 Å². The van der Waals surface area contributed by atoms with E-state index in [0.717, 1.165) is 42.7 Å². The van der Waals surface area contributed by atoms with Crippen LogP contribution in [0.15, 0.2) is 34.6 Å². The van der Waals surface area contributed by atoms with E-state index >= 15 is 0 Å². The lowest BCUT2D eigenvalue weighted by molar-refractivity contribution is 0.276. The van der Waals surface area contributed by atoms with Crippen LogP contribution in [0.4, 0.5) is 0 Å². The zero-order chi connectivity index (χ0) is 19.6. The topological polar surface area (TPSA) is 52.6 Å². The quantitative estimate of drug-likeness (QED) is 0.550. The van der Waals surface area contributed by atoms with Gasteiger partial charge in [0.25, 0.3) is 0 Å². The molecule has 1 aromatic carbocycles. The van der Waals surface area contributed by atoms with Gasteiger partial charge in [-0.2, -0.15) is 0 Å². The Kier molecular flexibility index (Phi) is 8.30. The molecule has 1 fully saturated rings. The number of nitrogens with one attached hydrogen (secondary N) is 2. The highest BCUT2D eigenvalue weighted by molar-refractivity contribution is 7.09. The first-order chi connectivity index (χ1) is 13.7. The molecule has 1 aromatic heterocycles. The first-order valence-corrected chi connectivity index (χ1v) is 11.3. The van der Waals surface area contributed by atoms with E-state index in [1.807, 2.05) is 14.0 Å². The maximum Gasteiger partial charge on any atom is 0.191 e. The van der Waals surface area contributed by atoms with Crippen LogP contribution in [0.3, 0.4) is 0 Å². The minimum atomic E-state index is 0.791. The summed E-state index contributed by atoms with van der Waals surface area (Å²) in [6.45, 7) is 7.16. The summed E-state index contributed by atoms with van der Waals surface area (Å²) in [5.74, 6) is 0.844. The van der Waals surface area contributed by atoms with Gasteiger partial charge in [-0.05, 0) is 44.0 Å². The molecule has 2 heterocycles. The van der Waals surface area contributed by atoms with Crippen molar-refractivity contribution < 1.29 is 0 Å². The van der Waals surface area contributed by atoms with E-state index < -0.39 is 0 Å². The maximum absolute atomic E-state index is 4.51. The number of aromatic nitrogens is 1. The van der Waals surface area contributed by atoms with Crippen LogP contribution in [0.25, 0.3) is 0 Å². The number of thiazole rings is 1. The number of nitrogens with zero attached hydrogens (tertiary/aromatic N) is 3. The Morgan fingerprint density at radius 1 is 1.11 bits per heavy atom. The fourth-order valence-electron chi connectivity index (χ4n) is 3.65. The highest BCUT2D eigenvalue weighted by Gasteiger charge is 2.12. The summed E-state index contributed by atoms with van der Waals surface area (Å²) in [4.78, 5) is 11.5. The number of aryl methyl sites for hydroxylation is 1. The maximum atomic E-state index is 4.51. The molecule has 0 atom stereocenters. The smallest absolute Gasteiger partial charge is 0.191 e. The molecule has 2 aromatic rings. The van der Waals surface area contributed by atoms with Gasteiger partial charge in [0.15, 0.2) is 5.96 Å². The number of likely N-dealkylation sites (tertiary alicyclic amines) is 1. The van der Waals surface area contributed by atoms with Crippen molar-refractivity contribution in [3.8, 4) is 0 Å². The lowest BCUT2D eigenvalue weighted by atomic mass is 10.1. The van der Waals surface area contributed by atoms with Gasteiger partial charge in [-0.15, -0.1) is 11.3 Å². The lowest BCUT2D eigenvalue weighted by Crippen LogP contribution is -2.38. The number of guanidine groups is 1. The third kappa shape index (κ3) is 6.60. The molecule has 152 valence electrons. The summed E-state index contributed by atoms with van der Waals surface area (Å²) in [6, 6.07) is 8.78. The summed E-state index contributed by atoms with van der Waals surface area (Å²) >= 11 is 1.70. The molecule has 0 aliphatic carbocycles. The highest BCUT2D eigenvalue weighted by atomic mass is 32.1. The monoisotopic (exact) mass is 399 g/mol. The average molecular weight is 400 g/mol. The molecule has 3 rings (SSSR count). The molecule has 28 heavy (non-hydrogen) atoms. The zero-order valence-corrected chi connectivity index (χ0v) is 18.0. The molecule has 0 bridgehead atoms. The fraction of sp³-hybridized carbons (Fsp3) is 0.545. The Labute approximate surface area is 173 Å². The van der Waals surface area contributed by atoms with E-state index in [1.165, 1.54) is 49.9 Å². The van der Waals surface area contributed by atoms with E-state index in [0.29, 0.717) is 0 Å². The molecule has 1 aliphatic rings. The minimum absolute atomic E-state index is 0.791. The van der Waals surface area contributed by atoms with Crippen molar-refractivity contribution in [3.05, 3.63) is 51.5 Å². The molecule has 0 saturated carbocycles. The van der Waals surface area contributed by atoms with Gasteiger partial charge >= 0.3 is 0 Å². The van der Waals surface area contributed by atoms with Crippen molar-refractivity contribution in [2.45, 2.75) is 52.1 Å². The minimum Gasteiger partial charge on any atom is -0.356 e. The summed E-state index contributed by atoms with van der Waals surface area (Å²) < 4.78 is 0. The predicted octanol–water partition coefficient (Wildman–Crippen LogP) is 3.74. The van der Waals surface area contributed by atoms with Crippen molar-refractivity contribution >= 4 is 17.3 Å². The van der Waals surface area contributed by atoms with Gasteiger partial charge in [0, 0.05) is 38.5 Å². The second-order valence-electron chi connectivity index (χ2n) is 7.42. The van der Waals surface area contributed by atoms with Gasteiger partial charge in [0.1, 0.15) is 0 Å². The molecule has 5 nitrogen and oxygen atoms in total. The highest BCUT2D eigenvalue weighted by Crippen LogP contribution is 2.16. The normalized spacial score (nSPS) is 16.0. The molecule has 0 spiro atoms. The molecule has 2 N–H and O–H groups in total. The number of benzene rings is 1. The molecule has 6 heteroatoms. The first kappa shape index (κ1) is 20.8. The van der Waals surface area contributed by atoms with Gasteiger partial charge in [0.05, 0.1) is 10.7 Å².